The highest BCUT2D eigenvalue weighted by molar-refractivity contribution is 5.29. The van der Waals surface area contributed by atoms with Crippen molar-refractivity contribution in [2.24, 2.45) is 5.73 Å². The molecule has 1 aliphatic rings. The molecule has 0 radical (unpaired) electrons. The summed E-state index contributed by atoms with van der Waals surface area (Å²) in [6, 6.07) is 9.97. The topological polar surface area (TPSA) is 72.0 Å². The first-order valence-electron chi connectivity index (χ1n) is 5.73. The van der Waals surface area contributed by atoms with E-state index >= 15 is 0 Å². The first-order valence-corrected chi connectivity index (χ1v) is 5.73. The van der Waals surface area contributed by atoms with Crippen LogP contribution in [0, 0.1) is 0 Å². The number of fused-ring (bicyclic) bond motifs is 1. The standard InChI is InChI=1S/C13H14N2O2/c14-13(9-4-2-1-3-5-9)7-6-10-11(8-13)17-12(16)15-10/h1-5H,6-8,14H2,(H,15,16). The number of rotatable bonds is 1. The van der Waals surface area contributed by atoms with Crippen molar-refractivity contribution in [3.63, 3.8) is 0 Å². The molecule has 0 aliphatic heterocycles. The minimum Gasteiger partial charge on any atom is -0.413 e. The largest absolute Gasteiger partial charge is 0.416 e. The Labute approximate surface area is 98.5 Å². The Balaban J connectivity index is 2.00. The van der Waals surface area contributed by atoms with Crippen LogP contribution in [0.1, 0.15) is 23.4 Å². The van der Waals surface area contributed by atoms with Crippen molar-refractivity contribution in [3.05, 3.63) is 57.9 Å². The maximum Gasteiger partial charge on any atom is 0.416 e. The smallest absolute Gasteiger partial charge is 0.413 e. The van der Waals surface area contributed by atoms with Gasteiger partial charge in [-0.2, -0.15) is 0 Å². The second kappa shape index (κ2) is 3.60. The molecule has 1 aromatic heterocycles. The summed E-state index contributed by atoms with van der Waals surface area (Å²) in [5, 5.41) is 0. The molecule has 0 spiro atoms. The number of hydrogen-bond donors (Lipinski definition) is 2. The maximum atomic E-state index is 11.1. The predicted molar refractivity (Wildman–Crippen MR) is 63.7 cm³/mol. The number of oxazole rings is 1. The predicted octanol–water partition coefficient (Wildman–Crippen LogP) is 1.31. The third-order valence-corrected chi connectivity index (χ3v) is 3.45. The third-order valence-electron chi connectivity index (χ3n) is 3.45. The van der Waals surface area contributed by atoms with E-state index < -0.39 is 5.54 Å². The van der Waals surface area contributed by atoms with Gasteiger partial charge in [-0.3, -0.25) is 4.98 Å². The Hall–Kier alpha value is -1.81. The van der Waals surface area contributed by atoms with E-state index in [-0.39, 0.29) is 5.76 Å². The van der Waals surface area contributed by atoms with Crippen molar-refractivity contribution < 1.29 is 4.42 Å². The van der Waals surface area contributed by atoms with Crippen LogP contribution in [0.4, 0.5) is 0 Å². The molecule has 1 aliphatic carbocycles. The molecule has 1 aromatic carbocycles. The molecular formula is C13H14N2O2. The lowest BCUT2D eigenvalue weighted by Crippen LogP contribution is -2.41. The van der Waals surface area contributed by atoms with Crippen molar-refractivity contribution in [1.82, 2.24) is 4.98 Å². The Morgan fingerprint density at radius 2 is 2.06 bits per heavy atom. The van der Waals surface area contributed by atoms with Crippen molar-refractivity contribution in [2.75, 3.05) is 0 Å². The van der Waals surface area contributed by atoms with Crippen molar-refractivity contribution >= 4 is 0 Å². The molecule has 3 N–H and O–H groups in total. The van der Waals surface area contributed by atoms with Gasteiger partial charge in [0.15, 0.2) is 0 Å². The van der Waals surface area contributed by atoms with E-state index in [0.717, 1.165) is 24.1 Å². The molecule has 4 heteroatoms. The van der Waals surface area contributed by atoms with Crippen molar-refractivity contribution in [1.29, 1.82) is 0 Å². The van der Waals surface area contributed by atoms with Gasteiger partial charge in [-0.15, -0.1) is 0 Å². The van der Waals surface area contributed by atoms with E-state index in [4.69, 9.17) is 10.2 Å². The van der Waals surface area contributed by atoms with Gasteiger partial charge in [0.25, 0.3) is 0 Å². The third kappa shape index (κ3) is 1.70. The number of aromatic amines is 1. The average molecular weight is 230 g/mol. The van der Waals surface area contributed by atoms with Crippen LogP contribution in [0.25, 0.3) is 0 Å². The number of nitrogens with two attached hydrogens (primary N) is 1. The molecule has 0 bridgehead atoms. The molecule has 88 valence electrons. The monoisotopic (exact) mass is 230 g/mol. The number of aryl methyl sites for hydroxylation is 1. The Kier molecular flexibility index (Phi) is 2.19. The first-order chi connectivity index (χ1) is 8.17. The fourth-order valence-electron chi connectivity index (χ4n) is 2.48. The fraction of sp³-hybridized carbons (Fsp3) is 0.308. The molecule has 0 saturated carbocycles. The lowest BCUT2D eigenvalue weighted by molar-refractivity contribution is 0.334. The van der Waals surface area contributed by atoms with Crippen molar-refractivity contribution in [3.8, 4) is 0 Å². The Morgan fingerprint density at radius 1 is 1.29 bits per heavy atom. The number of benzene rings is 1. The highest BCUT2D eigenvalue weighted by Crippen LogP contribution is 2.33. The average Bonchev–Trinajstić information content (AvgIpc) is 2.69. The molecule has 17 heavy (non-hydrogen) atoms. The summed E-state index contributed by atoms with van der Waals surface area (Å²) in [7, 11) is 0. The molecule has 0 fully saturated rings. The quantitative estimate of drug-likeness (QED) is 0.775. The van der Waals surface area contributed by atoms with E-state index in [1.165, 1.54) is 0 Å². The molecule has 1 atom stereocenters. The second-order valence-corrected chi connectivity index (χ2v) is 4.62. The van der Waals surface area contributed by atoms with Crippen LogP contribution >= 0.6 is 0 Å². The molecule has 1 unspecified atom stereocenters. The van der Waals surface area contributed by atoms with E-state index in [1.807, 2.05) is 30.3 Å². The van der Waals surface area contributed by atoms with Crippen LogP contribution < -0.4 is 11.5 Å². The second-order valence-electron chi connectivity index (χ2n) is 4.62. The molecule has 0 saturated heterocycles. The van der Waals surface area contributed by atoms with E-state index in [2.05, 4.69) is 4.98 Å². The fourth-order valence-corrected chi connectivity index (χ4v) is 2.48. The molecule has 2 aromatic rings. The summed E-state index contributed by atoms with van der Waals surface area (Å²) >= 11 is 0. The molecule has 0 amide bonds. The maximum absolute atomic E-state index is 11.1. The summed E-state index contributed by atoms with van der Waals surface area (Å²) < 4.78 is 5.13. The number of hydrogen-bond acceptors (Lipinski definition) is 3. The lowest BCUT2D eigenvalue weighted by atomic mass is 9.78. The van der Waals surface area contributed by atoms with Crippen LogP contribution in [0.2, 0.25) is 0 Å². The highest BCUT2D eigenvalue weighted by atomic mass is 16.4. The number of aromatic nitrogens is 1. The molecule has 1 heterocycles. The summed E-state index contributed by atoms with van der Waals surface area (Å²) in [4.78, 5) is 13.8. The summed E-state index contributed by atoms with van der Waals surface area (Å²) in [6.45, 7) is 0. The van der Waals surface area contributed by atoms with Gasteiger partial charge >= 0.3 is 5.76 Å². The normalized spacial score (nSPS) is 23.4. The Bertz CT molecular complexity index is 585. The van der Waals surface area contributed by atoms with Gasteiger partial charge in [0, 0.05) is 12.0 Å². The van der Waals surface area contributed by atoms with Gasteiger partial charge in [0.05, 0.1) is 5.69 Å². The summed E-state index contributed by atoms with van der Waals surface area (Å²) in [5.74, 6) is 0.319. The minimum absolute atomic E-state index is 0.382. The highest BCUT2D eigenvalue weighted by Gasteiger charge is 2.34. The van der Waals surface area contributed by atoms with Gasteiger partial charge in [0.2, 0.25) is 0 Å². The van der Waals surface area contributed by atoms with Gasteiger partial charge in [-0.1, -0.05) is 30.3 Å². The molecule has 4 nitrogen and oxygen atoms in total. The first kappa shape index (κ1) is 10.4. The van der Waals surface area contributed by atoms with Crippen LogP contribution in [-0.2, 0) is 18.4 Å². The zero-order chi connectivity index (χ0) is 11.9. The summed E-state index contributed by atoms with van der Waals surface area (Å²) in [5.41, 5.74) is 7.99. The van der Waals surface area contributed by atoms with Crippen LogP contribution in [0.15, 0.2) is 39.5 Å². The minimum atomic E-state index is -0.424. The number of H-pyrrole nitrogens is 1. The van der Waals surface area contributed by atoms with Gasteiger partial charge < -0.3 is 10.2 Å². The molecular weight excluding hydrogens is 216 g/mol. The lowest BCUT2D eigenvalue weighted by Gasteiger charge is -2.32. The number of nitrogens with one attached hydrogen (secondary N) is 1. The van der Waals surface area contributed by atoms with Gasteiger partial charge in [-0.25, -0.2) is 4.79 Å². The zero-order valence-electron chi connectivity index (χ0n) is 9.40. The van der Waals surface area contributed by atoms with Gasteiger partial charge in [0.1, 0.15) is 5.76 Å². The molecule has 3 rings (SSSR count). The van der Waals surface area contributed by atoms with E-state index in [0.29, 0.717) is 12.2 Å². The van der Waals surface area contributed by atoms with E-state index in [9.17, 15) is 4.79 Å². The SMILES string of the molecule is NC1(c2ccccc2)CCc2[nH]c(=O)oc2C1. The van der Waals surface area contributed by atoms with Gasteiger partial charge in [-0.05, 0) is 18.4 Å². The van der Waals surface area contributed by atoms with E-state index in [1.54, 1.807) is 0 Å². The van der Waals surface area contributed by atoms with Crippen LogP contribution in [0.3, 0.4) is 0 Å². The summed E-state index contributed by atoms with van der Waals surface area (Å²) in [6.07, 6.45) is 2.15. The van der Waals surface area contributed by atoms with Crippen LogP contribution in [-0.4, -0.2) is 4.98 Å². The van der Waals surface area contributed by atoms with Crippen molar-refractivity contribution in [2.45, 2.75) is 24.8 Å². The Morgan fingerprint density at radius 3 is 2.82 bits per heavy atom. The zero-order valence-corrected chi connectivity index (χ0v) is 9.40. The van der Waals surface area contributed by atoms with Crippen LogP contribution in [0.5, 0.6) is 0 Å².